The molecule has 4 atom stereocenters. The molecule has 2 fully saturated rings. The van der Waals surface area contributed by atoms with Crippen molar-refractivity contribution in [1.29, 1.82) is 0 Å². The Balaban J connectivity index is 1.19. The Morgan fingerprint density at radius 3 is 2.37 bits per heavy atom. The quantitative estimate of drug-likeness (QED) is 0.306. The Morgan fingerprint density at radius 1 is 0.927 bits per heavy atom. The lowest BCUT2D eigenvalue weighted by Gasteiger charge is -2.43. The van der Waals surface area contributed by atoms with Crippen molar-refractivity contribution in [2.45, 2.75) is 51.3 Å². The van der Waals surface area contributed by atoms with Crippen LogP contribution in [0.5, 0.6) is 0 Å². The number of hydrogen-bond donors (Lipinski definition) is 2. The molecule has 1 aromatic heterocycles. The van der Waals surface area contributed by atoms with Gasteiger partial charge in [0, 0.05) is 23.7 Å². The van der Waals surface area contributed by atoms with Gasteiger partial charge in [0.2, 0.25) is 0 Å². The van der Waals surface area contributed by atoms with Crippen LogP contribution < -0.4 is 5.32 Å². The molecule has 0 spiro atoms. The summed E-state index contributed by atoms with van der Waals surface area (Å²) in [5.74, 6) is -0.169. The van der Waals surface area contributed by atoms with Gasteiger partial charge >= 0.3 is 0 Å². The van der Waals surface area contributed by atoms with Gasteiger partial charge in [0.05, 0.1) is 36.0 Å². The minimum atomic E-state index is -0.542. The van der Waals surface area contributed by atoms with E-state index in [-0.39, 0.29) is 36.3 Å². The minimum absolute atomic E-state index is 0.000209. The number of amides is 1. The Labute approximate surface area is 240 Å². The number of hydrogen-bond acceptors (Lipinski definition) is 7. The number of anilines is 1. The van der Waals surface area contributed by atoms with Crippen molar-refractivity contribution < 1.29 is 19.4 Å². The smallest absolute Gasteiger partial charge is 0.275 e. The van der Waals surface area contributed by atoms with Gasteiger partial charge in [-0.1, -0.05) is 61.9 Å². The first-order chi connectivity index (χ1) is 20.1. The van der Waals surface area contributed by atoms with Gasteiger partial charge in [-0.2, -0.15) is 0 Å². The summed E-state index contributed by atoms with van der Waals surface area (Å²) in [5.41, 5.74) is 5.18. The summed E-state index contributed by atoms with van der Waals surface area (Å²) in [7, 11) is 0. The molecule has 212 valence electrons. The molecule has 0 aliphatic carbocycles. The molecular formula is C33H36N4O4. The van der Waals surface area contributed by atoms with Gasteiger partial charge in [-0.15, -0.1) is 0 Å². The highest BCUT2D eigenvalue weighted by atomic mass is 16.7. The molecule has 3 aromatic carbocycles. The fourth-order valence-electron chi connectivity index (χ4n) is 5.71. The number of benzene rings is 3. The number of carbonyl (C=O) groups is 1. The number of aromatic nitrogens is 2. The van der Waals surface area contributed by atoms with Gasteiger partial charge in [0.15, 0.2) is 6.29 Å². The zero-order valence-corrected chi connectivity index (χ0v) is 23.3. The van der Waals surface area contributed by atoms with Gasteiger partial charge in [0.1, 0.15) is 5.69 Å². The normalized spacial score (nSPS) is 23.4. The minimum Gasteiger partial charge on any atom is -0.392 e. The van der Waals surface area contributed by atoms with Gasteiger partial charge in [0.25, 0.3) is 5.91 Å². The lowest BCUT2D eigenvalue weighted by atomic mass is 9.89. The predicted octanol–water partition coefficient (Wildman–Crippen LogP) is 5.65. The van der Waals surface area contributed by atoms with E-state index in [4.69, 9.17) is 9.47 Å². The first-order valence-corrected chi connectivity index (χ1v) is 14.4. The zero-order valence-electron chi connectivity index (χ0n) is 23.3. The summed E-state index contributed by atoms with van der Waals surface area (Å²) >= 11 is 0. The summed E-state index contributed by atoms with van der Waals surface area (Å²) in [6, 6.07) is 23.1. The fraction of sp³-hybridized carbons (Fsp3) is 0.364. The maximum absolute atomic E-state index is 12.9. The summed E-state index contributed by atoms with van der Waals surface area (Å²) in [4.78, 5) is 24.2. The van der Waals surface area contributed by atoms with Crippen molar-refractivity contribution in [2.75, 3.05) is 25.0 Å². The average Bonchev–Trinajstić information content (AvgIpc) is 3.03. The largest absolute Gasteiger partial charge is 0.392 e. The Bertz CT molecular complexity index is 1470. The van der Waals surface area contributed by atoms with E-state index < -0.39 is 6.29 Å². The van der Waals surface area contributed by atoms with Gasteiger partial charge in [-0.05, 0) is 61.3 Å². The van der Waals surface area contributed by atoms with Crippen molar-refractivity contribution >= 4 is 22.6 Å². The summed E-state index contributed by atoms with van der Waals surface area (Å²) in [5, 5.41) is 12.4. The second kappa shape index (κ2) is 12.4. The number of ether oxygens (including phenoxy) is 2. The van der Waals surface area contributed by atoms with Crippen LogP contribution in [0, 0.1) is 5.92 Å². The maximum atomic E-state index is 12.9. The third kappa shape index (κ3) is 6.31. The number of aliphatic hydroxyl groups is 1. The van der Waals surface area contributed by atoms with Crippen molar-refractivity contribution in [3.05, 3.63) is 101 Å². The van der Waals surface area contributed by atoms with Gasteiger partial charge in [-0.25, -0.2) is 4.98 Å². The van der Waals surface area contributed by atoms with Crippen LogP contribution in [0.15, 0.2) is 79.0 Å². The van der Waals surface area contributed by atoms with Crippen LogP contribution >= 0.6 is 0 Å². The lowest BCUT2D eigenvalue weighted by molar-refractivity contribution is -0.276. The monoisotopic (exact) mass is 552 g/mol. The highest BCUT2D eigenvalue weighted by Gasteiger charge is 2.39. The highest BCUT2D eigenvalue weighted by Crippen LogP contribution is 2.42. The number of fused-ring (bicyclic) bond motifs is 1. The summed E-state index contributed by atoms with van der Waals surface area (Å²) in [6.45, 7) is 5.28. The summed E-state index contributed by atoms with van der Waals surface area (Å²) in [6.07, 6.45) is 4.55. The van der Waals surface area contributed by atoms with E-state index in [2.05, 4.69) is 27.1 Å². The number of aliphatic hydroxyl groups excluding tert-OH is 1. The first-order valence-electron chi connectivity index (χ1n) is 14.4. The van der Waals surface area contributed by atoms with Gasteiger partial charge in [-0.3, -0.25) is 9.78 Å². The van der Waals surface area contributed by atoms with Crippen LogP contribution in [0.25, 0.3) is 11.0 Å². The number of rotatable bonds is 7. The molecule has 0 bridgehead atoms. The third-order valence-electron chi connectivity index (χ3n) is 8.13. The number of nitrogens with one attached hydrogen (secondary N) is 1. The molecule has 2 saturated heterocycles. The molecule has 6 rings (SSSR count). The SMILES string of the molecule is C[C@H]1[C@@H](CN2CCCCC2)O[C@@H](c2ccc(NC(=O)c3cnc4ccccc4n3)cc2)O[C@H]1c1ccc(CO)cc1. The number of nitrogens with zero attached hydrogens (tertiary/aromatic N) is 3. The fourth-order valence-corrected chi connectivity index (χ4v) is 5.71. The van der Waals surface area contributed by atoms with Gasteiger partial charge < -0.3 is 24.8 Å². The van der Waals surface area contributed by atoms with Crippen molar-refractivity contribution in [3.8, 4) is 0 Å². The molecule has 0 radical (unpaired) electrons. The molecule has 4 aromatic rings. The first kappa shape index (κ1) is 27.5. The summed E-state index contributed by atoms with van der Waals surface area (Å²) < 4.78 is 13.2. The highest BCUT2D eigenvalue weighted by molar-refractivity contribution is 6.03. The van der Waals surface area contributed by atoms with Crippen molar-refractivity contribution in [2.24, 2.45) is 5.92 Å². The molecule has 2 N–H and O–H groups in total. The Hall–Kier alpha value is -3.69. The van der Waals surface area contributed by atoms with Crippen LogP contribution in [-0.2, 0) is 16.1 Å². The van der Waals surface area contributed by atoms with E-state index in [1.165, 1.54) is 25.5 Å². The second-order valence-corrected chi connectivity index (χ2v) is 11.0. The van der Waals surface area contributed by atoms with Crippen molar-refractivity contribution in [1.82, 2.24) is 14.9 Å². The van der Waals surface area contributed by atoms with E-state index in [1.807, 2.05) is 72.8 Å². The second-order valence-electron chi connectivity index (χ2n) is 11.0. The molecule has 8 nitrogen and oxygen atoms in total. The average molecular weight is 553 g/mol. The van der Waals surface area contributed by atoms with Crippen LogP contribution in [0.3, 0.4) is 0 Å². The van der Waals surface area contributed by atoms with E-state index in [9.17, 15) is 9.90 Å². The number of piperidine rings is 1. The molecule has 3 heterocycles. The topological polar surface area (TPSA) is 96.8 Å². The molecule has 1 amide bonds. The van der Waals surface area contributed by atoms with E-state index >= 15 is 0 Å². The molecule has 0 saturated carbocycles. The van der Waals surface area contributed by atoms with E-state index in [1.54, 1.807) is 0 Å². The van der Waals surface area contributed by atoms with Crippen molar-refractivity contribution in [3.63, 3.8) is 0 Å². The Morgan fingerprint density at radius 2 is 1.63 bits per heavy atom. The molecule has 2 aliphatic rings. The zero-order chi connectivity index (χ0) is 28.2. The maximum Gasteiger partial charge on any atom is 0.275 e. The van der Waals surface area contributed by atoms with Crippen LogP contribution in [-0.4, -0.2) is 51.6 Å². The molecule has 2 aliphatic heterocycles. The lowest BCUT2D eigenvalue weighted by Crippen LogP contribution is -2.45. The molecule has 41 heavy (non-hydrogen) atoms. The standard InChI is InChI=1S/C33H36N4O4/c1-22-30(20-37-17-5-2-6-18-37)40-33(41-31(22)24-11-9-23(21-38)10-12-24)25-13-15-26(16-14-25)35-32(39)29-19-34-27-7-3-4-8-28(27)36-29/h3-4,7-16,19,22,30-31,33,38H,2,5-6,17-18,20-21H2,1H3,(H,35,39)/t22-,30+,31+,33+/m0/s1. The van der Waals surface area contributed by atoms with Crippen LogP contribution in [0.2, 0.25) is 0 Å². The molecule has 0 unspecified atom stereocenters. The third-order valence-corrected chi connectivity index (χ3v) is 8.13. The Kier molecular flexibility index (Phi) is 8.34. The van der Waals surface area contributed by atoms with E-state index in [0.29, 0.717) is 11.2 Å². The van der Waals surface area contributed by atoms with Crippen LogP contribution in [0.4, 0.5) is 5.69 Å². The predicted molar refractivity (Wildman–Crippen MR) is 157 cm³/mol. The number of carbonyl (C=O) groups excluding carboxylic acids is 1. The van der Waals surface area contributed by atoms with Crippen LogP contribution in [0.1, 0.15) is 65.8 Å². The molecular weight excluding hydrogens is 516 g/mol. The molecule has 8 heteroatoms. The number of likely N-dealkylation sites (tertiary alicyclic amines) is 1. The van der Waals surface area contributed by atoms with E-state index in [0.717, 1.165) is 41.8 Å². The number of para-hydroxylation sites is 2.